The van der Waals surface area contributed by atoms with Gasteiger partial charge in [-0.1, -0.05) is 5.16 Å². The Morgan fingerprint density at radius 2 is 2.21 bits per heavy atom. The third-order valence-corrected chi connectivity index (χ3v) is 5.47. The van der Waals surface area contributed by atoms with E-state index in [1.165, 1.54) is 0 Å². The largest absolute Gasteiger partial charge is 0.454 e. The van der Waals surface area contributed by atoms with Crippen LogP contribution in [0.4, 0.5) is 0 Å². The number of benzene rings is 1. The second kappa shape index (κ2) is 7.44. The number of nitrogens with zero attached hydrogens (tertiary/aromatic N) is 2. The standard InChI is InChI=1S/C20H23N3O5/c24-19(21-9-14-2-1-7-25-14)11-23-6-5-16-15(10-23)20(22-28-16)13-3-4-17-18(8-13)27-12-26-17/h3-4,8,14H,1-2,5-7,9-12H2,(H,21,24). The Balaban J connectivity index is 1.25. The molecule has 1 aromatic heterocycles. The predicted molar refractivity (Wildman–Crippen MR) is 99.0 cm³/mol. The predicted octanol–water partition coefficient (Wildman–Crippen LogP) is 1.72. The van der Waals surface area contributed by atoms with Crippen molar-refractivity contribution in [2.24, 2.45) is 0 Å². The Bertz CT molecular complexity index is 875. The van der Waals surface area contributed by atoms with E-state index in [1.807, 2.05) is 18.2 Å². The smallest absolute Gasteiger partial charge is 0.234 e. The molecule has 148 valence electrons. The number of rotatable bonds is 5. The minimum Gasteiger partial charge on any atom is -0.454 e. The van der Waals surface area contributed by atoms with Crippen molar-refractivity contribution in [3.63, 3.8) is 0 Å². The van der Waals surface area contributed by atoms with Gasteiger partial charge in [-0.25, -0.2) is 0 Å². The first-order valence-corrected chi connectivity index (χ1v) is 9.74. The number of hydrogen-bond donors (Lipinski definition) is 1. The van der Waals surface area contributed by atoms with Gasteiger partial charge in [0.2, 0.25) is 12.7 Å². The van der Waals surface area contributed by atoms with Crippen LogP contribution in [-0.2, 0) is 22.5 Å². The van der Waals surface area contributed by atoms with Crippen molar-refractivity contribution in [3.05, 3.63) is 29.5 Å². The van der Waals surface area contributed by atoms with E-state index in [0.29, 0.717) is 19.6 Å². The van der Waals surface area contributed by atoms with Crippen LogP contribution in [0.1, 0.15) is 24.2 Å². The van der Waals surface area contributed by atoms with Gasteiger partial charge in [-0.05, 0) is 31.0 Å². The summed E-state index contributed by atoms with van der Waals surface area (Å²) in [5, 5.41) is 7.27. The van der Waals surface area contributed by atoms with Crippen LogP contribution in [0.5, 0.6) is 11.5 Å². The van der Waals surface area contributed by atoms with Crippen molar-refractivity contribution in [1.82, 2.24) is 15.4 Å². The van der Waals surface area contributed by atoms with Gasteiger partial charge in [0.15, 0.2) is 11.5 Å². The fourth-order valence-corrected chi connectivity index (χ4v) is 3.96. The number of carbonyl (C=O) groups excluding carboxylic acids is 1. The van der Waals surface area contributed by atoms with Crippen LogP contribution >= 0.6 is 0 Å². The third-order valence-electron chi connectivity index (χ3n) is 5.47. The van der Waals surface area contributed by atoms with Crippen LogP contribution < -0.4 is 14.8 Å². The molecule has 8 nitrogen and oxygen atoms in total. The first kappa shape index (κ1) is 17.5. The lowest BCUT2D eigenvalue weighted by molar-refractivity contribution is -0.123. The normalized spacial score (nSPS) is 20.9. The minimum atomic E-state index is 0.0278. The van der Waals surface area contributed by atoms with E-state index in [0.717, 1.165) is 66.5 Å². The molecule has 1 unspecified atom stereocenters. The van der Waals surface area contributed by atoms with Crippen LogP contribution in [0.2, 0.25) is 0 Å². The highest BCUT2D eigenvalue weighted by Gasteiger charge is 2.27. The summed E-state index contributed by atoms with van der Waals surface area (Å²) in [5.41, 5.74) is 2.77. The molecule has 1 amide bonds. The molecule has 3 aliphatic heterocycles. The summed E-state index contributed by atoms with van der Waals surface area (Å²) in [4.78, 5) is 14.4. The zero-order valence-corrected chi connectivity index (χ0v) is 15.6. The molecule has 0 bridgehead atoms. The second-order valence-electron chi connectivity index (χ2n) is 7.40. The third kappa shape index (κ3) is 3.45. The Labute approximate surface area is 162 Å². The van der Waals surface area contributed by atoms with E-state index in [9.17, 15) is 4.79 Å². The van der Waals surface area contributed by atoms with Crippen molar-refractivity contribution in [3.8, 4) is 22.8 Å². The lowest BCUT2D eigenvalue weighted by Crippen LogP contribution is -2.41. The minimum absolute atomic E-state index is 0.0278. The molecule has 1 N–H and O–H groups in total. The molecule has 1 aromatic carbocycles. The molecular formula is C20H23N3O5. The highest BCUT2D eigenvalue weighted by atomic mass is 16.7. The second-order valence-corrected chi connectivity index (χ2v) is 7.40. The first-order valence-electron chi connectivity index (χ1n) is 9.74. The van der Waals surface area contributed by atoms with Crippen molar-refractivity contribution in [1.29, 1.82) is 0 Å². The molecule has 5 rings (SSSR count). The molecule has 4 heterocycles. The summed E-state index contributed by atoms with van der Waals surface area (Å²) in [6.07, 6.45) is 3.00. The molecule has 3 aliphatic rings. The lowest BCUT2D eigenvalue weighted by Gasteiger charge is -2.25. The van der Waals surface area contributed by atoms with Crippen LogP contribution in [0.25, 0.3) is 11.3 Å². The van der Waals surface area contributed by atoms with Crippen LogP contribution in [0.3, 0.4) is 0 Å². The van der Waals surface area contributed by atoms with E-state index in [-0.39, 0.29) is 18.8 Å². The molecule has 0 radical (unpaired) electrons. The number of nitrogens with one attached hydrogen (secondary N) is 1. The Morgan fingerprint density at radius 3 is 3.11 bits per heavy atom. The Hall–Kier alpha value is -2.58. The van der Waals surface area contributed by atoms with Crippen molar-refractivity contribution in [2.75, 3.05) is 33.0 Å². The van der Waals surface area contributed by atoms with Gasteiger partial charge in [-0.3, -0.25) is 9.69 Å². The zero-order valence-electron chi connectivity index (χ0n) is 15.6. The number of aromatic nitrogens is 1. The average Bonchev–Trinajstić information content (AvgIpc) is 3.45. The highest BCUT2D eigenvalue weighted by molar-refractivity contribution is 5.78. The topological polar surface area (TPSA) is 86.1 Å². The van der Waals surface area contributed by atoms with E-state index in [4.69, 9.17) is 18.7 Å². The van der Waals surface area contributed by atoms with Crippen molar-refractivity contribution in [2.45, 2.75) is 31.9 Å². The maximum atomic E-state index is 12.3. The van der Waals surface area contributed by atoms with E-state index >= 15 is 0 Å². The summed E-state index contributed by atoms with van der Waals surface area (Å²) >= 11 is 0. The molecule has 0 aliphatic carbocycles. The Morgan fingerprint density at radius 1 is 1.29 bits per heavy atom. The van der Waals surface area contributed by atoms with Gasteiger partial charge in [-0.15, -0.1) is 0 Å². The first-order chi connectivity index (χ1) is 13.8. The number of carbonyl (C=O) groups is 1. The van der Waals surface area contributed by atoms with Gasteiger partial charge in [0.05, 0.1) is 12.6 Å². The van der Waals surface area contributed by atoms with Gasteiger partial charge in [0.25, 0.3) is 0 Å². The van der Waals surface area contributed by atoms with E-state index in [2.05, 4.69) is 15.4 Å². The zero-order chi connectivity index (χ0) is 18.9. The van der Waals surface area contributed by atoms with E-state index < -0.39 is 0 Å². The number of amides is 1. The van der Waals surface area contributed by atoms with Crippen LogP contribution in [-0.4, -0.2) is 55.1 Å². The summed E-state index contributed by atoms with van der Waals surface area (Å²) in [7, 11) is 0. The average molecular weight is 385 g/mol. The van der Waals surface area contributed by atoms with Gasteiger partial charge >= 0.3 is 0 Å². The molecule has 1 saturated heterocycles. The van der Waals surface area contributed by atoms with Gasteiger partial charge in [0.1, 0.15) is 11.5 Å². The summed E-state index contributed by atoms with van der Waals surface area (Å²) in [6, 6.07) is 5.77. The van der Waals surface area contributed by atoms with Crippen LogP contribution in [0.15, 0.2) is 22.7 Å². The van der Waals surface area contributed by atoms with Crippen LogP contribution in [0, 0.1) is 0 Å². The highest BCUT2D eigenvalue weighted by Crippen LogP contribution is 2.38. The fourth-order valence-electron chi connectivity index (χ4n) is 3.96. The number of ether oxygens (including phenoxy) is 3. The molecule has 0 saturated carbocycles. The summed E-state index contributed by atoms with van der Waals surface area (Å²) < 4.78 is 22.0. The molecule has 28 heavy (non-hydrogen) atoms. The van der Waals surface area contributed by atoms with Gasteiger partial charge in [0, 0.05) is 43.8 Å². The molecule has 8 heteroatoms. The number of hydrogen-bond acceptors (Lipinski definition) is 7. The monoisotopic (exact) mass is 385 g/mol. The molecular weight excluding hydrogens is 362 g/mol. The SMILES string of the molecule is O=C(CN1CCc2onc(-c3ccc4c(c3)OCO4)c2C1)NCC1CCCO1. The fraction of sp³-hybridized carbons (Fsp3) is 0.500. The molecule has 1 atom stereocenters. The number of fused-ring (bicyclic) bond motifs is 2. The molecule has 1 fully saturated rings. The summed E-state index contributed by atoms with van der Waals surface area (Å²) in [6.45, 7) is 3.40. The van der Waals surface area contributed by atoms with E-state index in [1.54, 1.807) is 0 Å². The van der Waals surface area contributed by atoms with Gasteiger partial charge in [-0.2, -0.15) is 0 Å². The van der Waals surface area contributed by atoms with Crippen molar-refractivity contribution < 1.29 is 23.5 Å². The lowest BCUT2D eigenvalue weighted by atomic mass is 10.0. The van der Waals surface area contributed by atoms with Gasteiger partial charge < -0.3 is 24.1 Å². The Kier molecular flexibility index (Phi) is 4.66. The maximum absolute atomic E-state index is 12.3. The van der Waals surface area contributed by atoms with Crippen molar-refractivity contribution >= 4 is 5.91 Å². The summed E-state index contributed by atoms with van der Waals surface area (Å²) in [5.74, 6) is 2.38. The quantitative estimate of drug-likeness (QED) is 0.839. The molecule has 0 spiro atoms. The molecule has 2 aromatic rings. The maximum Gasteiger partial charge on any atom is 0.234 e.